The van der Waals surface area contributed by atoms with Crippen molar-refractivity contribution in [1.29, 1.82) is 0 Å². The minimum absolute atomic E-state index is 0.114. The molecule has 18 heavy (non-hydrogen) atoms. The molecule has 2 N–H and O–H groups in total. The average molecular weight is 283 g/mol. The lowest BCUT2D eigenvalue weighted by Gasteiger charge is -2.30. The molecule has 1 aliphatic heterocycles. The van der Waals surface area contributed by atoms with Crippen LogP contribution in [0.1, 0.15) is 12.8 Å². The highest BCUT2D eigenvalue weighted by Gasteiger charge is 2.44. The van der Waals surface area contributed by atoms with Gasteiger partial charge in [0.15, 0.2) is 0 Å². The molecule has 106 valence electrons. The summed E-state index contributed by atoms with van der Waals surface area (Å²) in [5.41, 5.74) is 5.22. The standard InChI is InChI=1S/C11H20F3N3S/c1-16(2)6-8-4-3-5-17(8)7-9(10(15)18)11(12,13)14/h8-9H,3-7H2,1-2H3,(H2,15,18). The molecule has 1 aliphatic rings. The van der Waals surface area contributed by atoms with E-state index in [9.17, 15) is 13.2 Å². The largest absolute Gasteiger partial charge is 0.399 e. The van der Waals surface area contributed by atoms with Gasteiger partial charge >= 0.3 is 6.18 Å². The molecule has 0 aromatic rings. The molecule has 0 aromatic heterocycles. The third-order valence-electron chi connectivity index (χ3n) is 3.23. The highest BCUT2D eigenvalue weighted by Crippen LogP contribution is 2.29. The number of likely N-dealkylation sites (N-methyl/N-ethyl adjacent to an activating group) is 1. The summed E-state index contributed by atoms with van der Waals surface area (Å²) in [5.74, 6) is -1.70. The van der Waals surface area contributed by atoms with E-state index in [2.05, 4.69) is 12.2 Å². The Bertz CT molecular complexity index is 294. The Hall–Kier alpha value is -0.400. The van der Waals surface area contributed by atoms with Gasteiger partial charge in [0.1, 0.15) is 5.92 Å². The molecular formula is C11H20F3N3S. The summed E-state index contributed by atoms with van der Waals surface area (Å²) < 4.78 is 38.4. The molecule has 7 heteroatoms. The molecule has 1 heterocycles. The van der Waals surface area contributed by atoms with Crippen LogP contribution in [0, 0.1) is 5.92 Å². The molecule has 1 rings (SSSR count). The second-order valence-electron chi connectivity index (χ2n) is 5.05. The predicted molar refractivity (Wildman–Crippen MR) is 69.5 cm³/mol. The minimum Gasteiger partial charge on any atom is -0.393 e. The van der Waals surface area contributed by atoms with E-state index in [0.29, 0.717) is 6.54 Å². The highest BCUT2D eigenvalue weighted by atomic mass is 32.1. The van der Waals surface area contributed by atoms with E-state index in [1.807, 2.05) is 23.9 Å². The summed E-state index contributed by atoms with van der Waals surface area (Å²) in [7, 11) is 3.84. The zero-order valence-corrected chi connectivity index (χ0v) is 11.5. The third kappa shape index (κ3) is 4.37. The van der Waals surface area contributed by atoms with Crippen LogP contribution in [0.2, 0.25) is 0 Å². The van der Waals surface area contributed by atoms with Crippen molar-refractivity contribution in [3.8, 4) is 0 Å². The summed E-state index contributed by atoms with van der Waals surface area (Å²) in [6.07, 6.45) is -2.49. The van der Waals surface area contributed by atoms with E-state index in [4.69, 9.17) is 5.73 Å². The van der Waals surface area contributed by atoms with Crippen LogP contribution in [0.15, 0.2) is 0 Å². The van der Waals surface area contributed by atoms with Crippen LogP contribution in [0.5, 0.6) is 0 Å². The minimum atomic E-state index is -4.35. The molecule has 0 aromatic carbocycles. The number of nitrogens with zero attached hydrogens (tertiary/aromatic N) is 2. The lowest BCUT2D eigenvalue weighted by atomic mass is 10.1. The Morgan fingerprint density at radius 1 is 1.50 bits per heavy atom. The first-order valence-electron chi connectivity index (χ1n) is 5.96. The molecule has 2 atom stereocenters. The fourth-order valence-corrected chi connectivity index (χ4v) is 2.56. The Kier molecular flexibility index (Phi) is 5.36. The molecule has 0 bridgehead atoms. The van der Waals surface area contributed by atoms with Gasteiger partial charge in [-0.3, -0.25) is 4.90 Å². The molecule has 1 fully saturated rings. The summed E-state index contributed by atoms with van der Waals surface area (Å²) in [4.78, 5) is 3.39. The molecule has 3 nitrogen and oxygen atoms in total. The maximum Gasteiger partial charge on any atom is 0.399 e. The van der Waals surface area contributed by atoms with Crippen molar-refractivity contribution in [2.24, 2.45) is 11.7 Å². The lowest BCUT2D eigenvalue weighted by Crippen LogP contribution is -2.47. The van der Waals surface area contributed by atoms with Crippen LogP contribution in [0.3, 0.4) is 0 Å². The Labute approximate surface area is 111 Å². The first-order chi connectivity index (χ1) is 8.21. The average Bonchev–Trinajstić information content (AvgIpc) is 2.58. The SMILES string of the molecule is CN(C)CC1CCCN1CC(C(N)=S)C(F)(F)F. The number of hydrogen-bond acceptors (Lipinski definition) is 3. The van der Waals surface area contributed by atoms with E-state index in [1.54, 1.807) is 0 Å². The molecule has 0 saturated carbocycles. The van der Waals surface area contributed by atoms with E-state index >= 15 is 0 Å². The van der Waals surface area contributed by atoms with Crippen molar-refractivity contribution in [3.63, 3.8) is 0 Å². The predicted octanol–water partition coefficient (Wildman–Crippen LogP) is 1.48. The molecule has 0 spiro atoms. The Morgan fingerprint density at radius 2 is 2.11 bits per heavy atom. The molecule has 0 amide bonds. The van der Waals surface area contributed by atoms with Crippen LogP contribution < -0.4 is 5.73 Å². The van der Waals surface area contributed by atoms with Crippen molar-refractivity contribution < 1.29 is 13.2 Å². The zero-order chi connectivity index (χ0) is 13.9. The highest BCUT2D eigenvalue weighted by molar-refractivity contribution is 7.80. The van der Waals surface area contributed by atoms with Crippen molar-refractivity contribution in [2.45, 2.75) is 25.1 Å². The third-order valence-corrected chi connectivity index (χ3v) is 3.52. The molecule has 1 saturated heterocycles. The van der Waals surface area contributed by atoms with Crippen LogP contribution in [-0.2, 0) is 0 Å². The lowest BCUT2D eigenvalue weighted by molar-refractivity contribution is -0.159. The van der Waals surface area contributed by atoms with Gasteiger partial charge < -0.3 is 10.6 Å². The van der Waals surface area contributed by atoms with Gasteiger partial charge in [0.05, 0.1) is 4.99 Å². The topological polar surface area (TPSA) is 32.5 Å². The Balaban J connectivity index is 2.66. The van der Waals surface area contributed by atoms with Gasteiger partial charge in [0.2, 0.25) is 0 Å². The fraction of sp³-hybridized carbons (Fsp3) is 0.909. The summed E-state index contributed by atoms with van der Waals surface area (Å²) in [6, 6.07) is 0.166. The van der Waals surface area contributed by atoms with Crippen molar-refractivity contribution in [2.75, 3.05) is 33.7 Å². The van der Waals surface area contributed by atoms with E-state index < -0.39 is 17.1 Å². The van der Waals surface area contributed by atoms with E-state index in [-0.39, 0.29) is 12.6 Å². The number of thiocarbonyl (C=S) groups is 1. The second-order valence-corrected chi connectivity index (χ2v) is 5.52. The van der Waals surface area contributed by atoms with E-state index in [1.165, 1.54) is 0 Å². The van der Waals surface area contributed by atoms with Gasteiger partial charge in [0, 0.05) is 19.1 Å². The van der Waals surface area contributed by atoms with Crippen LogP contribution in [-0.4, -0.2) is 60.7 Å². The van der Waals surface area contributed by atoms with Gasteiger partial charge in [-0.05, 0) is 33.5 Å². The van der Waals surface area contributed by atoms with Crippen molar-refractivity contribution >= 4 is 17.2 Å². The van der Waals surface area contributed by atoms with Crippen molar-refractivity contribution in [3.05, 3.63) is 0 Å². The summed E-state index contributed by atoms with van der Waals surface area (Å²) in [6.45, 7) is 1.34. The number of nitrogens with two attached hydrogens (primary N) is 1. The van der Waals surface area contributed by atoms with E-state index in [0.717, 1.165) is 19.4 Å². The maximum atomic E-state index is 12.8. The number of hydrogen-bond donors (Lipinski definition) is 1. The van der Waals surface area contributed by atoms with Gasteiger partial charge in [-0.15, -0.1) is 0 Å². The second kappa shape index (κ2) is 6.16. The maximum absolute atomic E-state index is 12.8. The molecule has 0 radical (unpaired) electrons. The Morgan fingerprint density at radius 3 is 2.56 bits per heavy atom. The number of rotatable bonds is 5. The van der Waals surface area contributed by atoms with Crippen LogP contribution >= 0.6 is 12.2 Å². The van der Waals surface area contributed by atoms with Gasteiger partial charge in [-0.25, -0.2) is 0 Å². The summed E-state index contributed by atoms with van der Waals surface area (Å²) in [5, 5.41) is 0. The molecule has 2 unspecified atom stereocenters. The van der Waals surface area contributed by atoms with Gasteiger partial charge in [-0.2, -0.15) is 13.2 Å². The number of likely N-dealkylation sites (tertiary alicyclic amines) is 1. The quantitative estimate of drug-likeness (QED) is 0.775. The smallest absolute Gasteiger partial charge is 0.393 e. The monoisotopic (exact) mass is 283 g/mol. The number of halogens is 3. The zero-order valence-electron chi connectivity index (χ0n) is 10.7. The van der Waals surface area contributed by atoms with Gasteiger partial charge in [0.25, 0.3) is 0 Å². The van der Waals surface area contributed by atoms with Crippen LogP contribution in [0.4, 0.5) is 13.2 Å². The summed E-state index contributed by atoms with van der Waals surface area (Å²) >= 11 is 4.55. The first kappa shape index (κ1) is 15.7. The van der Waals surface area contributed by atoms with Crippen LogP contribution in [0.25, 0.3) is 0 Å². The molecular weight excluding hydrogens is 263 g/mol. The number of alkyl halides is 3. The fourth-order valence-electron chi connectivity index (χ4n) is 2.35. The van der Waals surface area contributed by atoms with Gasteiger partial charge in [-0.1, -0.05) is 12.2 Å². The van der Waals surface area contributed by atoms with Crippen molar-refractivity contribution in [1.82, 2.24) is 9.80 Å². The first-order valence-corrected chi connectivity index (χ1v) is 6.37. The molecule has 0 aliphatic carbocycles. The normalized spacial score (nSPS) is 23.6.